The van der Waals surface area contributed by atoms with Gasteiger partial charge < -0.3 is 4.74 Å². The SMILES string of the molecule is O=C1OC(Cn2ccnn2)CN1C1C=CC=C(F)C1. The summed E-state index contributed by atoms with van der Waals surface area (Å²) in [6, 6.07) is -0.266. The molecule has 6 nitrogen and oxygen atoms in total. The molecule has 1 saturated heterocycles. The van der Waals surface area contributed by atoms with Crippen LogP contribution in [0.5, 0.6) is 0 Å². The quantitative estimate of drug-likeness (QED) is 0.825. The summed E-state index contributed by atoms with van der Waals surface area (Å²) in [6.45, 7) is 0.887. The molecule has 19 heavy (non-hydrogen) atoms. The molecule has 2 aliphatic rings. The summed E-state index contributed by atoms with van der Waals surface area (Å²) in [4.78, 5) is 13.3. The van der Waals surface area contributed by atoms with E-state index in [1.807, 2.05) is 6.08 Å². The van der Waals surface area contributed by atoms with Gasteiger partial charge in [-0.2, -0.15) is 0 Å². The van der Waals surface area contributed by atoms with Crippen LogP contribution in [0.3, 0.4) is 0 Å². The van der Waals surface area contributed by atoms with E-state index >= 15 is 0 Å². The topological polar surface area (TPSA) is 60.3 Å². The van der Waals surface area contributed by atoms with Crippen molar-refractivity contribution in [3.8, 4) is 0 Å². The van der Waals surface area contributed by atoms with Crippen LogP contribution >= 0.6 is 0 Å². The summed E-state index contributed by atoms with van der Waals surface area (Å²) in [7, 11) is 0. The van der Waals surface area contributed by atoms with Crippen LogP contribution in [-0.4, -0.2) is 44.7 Å². The Bertz CT molecular complexity index is 526. The maximum absolute atomic E-state index is 13.2. The maximum atomic E-state index is 13.2. The molecule has 1 fully saturated rings. The van der Waals surface area contributed by atoms with E-state index < -0.39 is 6.09 Å². The number of carbonyl (C=O) groups excluding carboxylic acids is 1. The Hall–Kier alpha value is -2.18. The predicted molar refractivity (Wildman–Crippen MR) is 63.7 cm³/mol. The second kappa shape index (κ2) is 4.83. The number of allylic oxidation sites excluding steroid dienone is 2. The normalized spacial score (nSPS) is 26.5. The van der Waals surface area contributed by atoms with Gasteiger partial charge in [-0.05, 0) is 6.08 Å². The number of halogens is 1. The molecule has 0 spiro atoms. The average molecular weight is 264 g/mol. The van der Waals surface area contributed by atoms with Crippen LogP contribution in [0.4, 0.5) is 9.18 Å². The van der Waals surface area contributed by atoms with Gasteiger partial charge in [0.25, 0.3) is 0 Å². The van der Waals surface area contributed by atoms with E-state index in [0.29, 0.717) is 13.1 Å². The van der Waals surface area contributed by atoms with E-state index in [2.05, 4.69) is 10.3 Å². The van der Waals surface area contributed by atoms with E-state index in [9.17, 15) is 9.18 Å². The van der Waals surface area contributed by atoms with Crippen LogP contribution in [0.1, 0.15) is 6.42 Å². The summed E-state index contributed by atoms with van der Waals surface area (Å²) in [5.74, 6) is -0.222. The van der Waals surface area contributed by atoms with Gasteiger partial charge >= 0.3 is 6.09 Å². The van der Waals surface area contributed by atoms with Crippen LogP contribution in [0, 0.1) is 0 Å². The van der Waals surface area contributed by atoms with Crippen molar-refractivity contribution in [2.75, 3.05) is 6.54 Å². The van der Waals surface area contributed by atoms with Gasteiger partial charge in [-0.3, -0.25) is 4.90 Å². The van der Waals surface area contributed by atoms with E-state index in [1.165, 1.54) is 6.08 Å². The van der Waals surface area contributed by atoms with E-state index in [1.54, 1.807) is 28.1 Å². The van der Waals surface area contributed by atoms with Crippen molar-refractivity contribution in [2.45, 2.75) is 25.1 Å². The van der Waals surface area contributed by atoms with Crippen LogP contribution in [0.15, 0.2) is 36.4 Å². The van der Waals surface area contributed by atoms with Gasteiger partial charge in [0.2, 0.25) is 0 Å². The number of rotatable bonds is 3. The first-order valence-corrected chi connectivity index (χ1v) is 6.06. The van der Waals surface area contributed by atoms with Crippen LogP contribution < -0.4 is 0 Å². The fourth-order valence-electron chi connectivity index (χ4n) is 2.28. The summed E-state index contributed by atoms with van der Waals surface area (Å²) < 4.78 is 20.1. The third-order valence-electron chi connectivity index (χ3n) is 3.18. The van der Waals surface area contributed by atoms with Crippen LogP contribution in [0.2, 0.25) is 0 Å². The Balaban J connectivity index is 1.64. The lowest BCUT2D eigenvalue weighted by Crippen LogP contribution is -2.36. The minimum Gasteiger partial charge on any atom is -0.442 e. The highest BCUT2D eigenvalue weighted by Gasteiger charge is 2.36. The number of amides is 1. The van der Waals surface area contributed by atoms with Crippen LogP contribution in [0.25, 0.3) is 0 Å². The first-order chi connectivity index (χ1) is 9.22. The molecule has 2 atom stereocenters. The monoisotopic (exact) mass is 264 g/mol. The van der Waals surface area contributed by atoms with Crippen LogP contribution in [-0.2, 0) is 11.3 Å². The fraction of sp³-hybridized carbons (Fsp3) is 0.417. The molecule has 1 aromatic heterocycles. The van der Waals surface area contributed by atoms with Gasteiger partial charge in [0.15, 0.2) is 0 Å². The number of hydrogen-bond acceptors (Lipinski definition) is 4. The molecule has 0 radical (unpaired) electrons. The van der Waals surface area contributed by atoms with Gasteiger partial charge in [0.1, 0.15) is 11.9 Å². The van der Waals surface area contributed by atoms with Crippen molar-refractivity contribution in [1.29, 1.82) is 0 Å². The number of ether oxygens (including phenoxy) is 1. The number of nitrogens with zero attached hydrogens (tertiary/aromatic N) is 4. The molecule has 0 N–H and O–H groups in total. The highest BCUT2D eigenvalue weighted by Crippen LogP contribution is 2.23. The molecule has 0 aromatic carbocycles. The van der Waals surface area contributed by atoms with Crippen molar-refractivity contribution >= 4 is 6.09 Å². The van der Waals surface area contributed by atoms with Gasteiger partial charge in [-0.25, -0.2) is 13.9 Å². The third kappa shape index (κ3) is 2.49. The second-order valence-electron chi connectivity index (χ2n) is 4.55. The molecular formula is C12H13FN4O2. The summed E-state index contributed by atoms with van der Waals surface area (Å²) in [5, 5.41) is 7.52. The number of carbonyl (C=O) groups is 1. The minimum absolute atomic E-state index is 0.210. The lowest BCUT2D eigenvalue weighted by Gasteiger charge is -2.23. The van der Waals surface area contributed by atoms with Crippen molar-refractivity contribution in [2.24, 2.45) is 0 Å². The van der Waals surface area contributed by atoms with Gasteiger partial charge in [0, 0.05) is 12.6 Å². The largest absolute Gasteiger partial charge is 0.442 e. The first kappa shape index (κ1) is 11.9. The van der Waals surface area contributed by atoms with Gasteiger partial charge in [-0.1, -0.05) is 17.4 Å². The van der Waals surface area contributed by atoms with E-state index in [4.69, 9.17) is 4.74 Å². The Labute approximate surface area is 109 Å². The molecular weight excluding hydrogens is 251 g/mol. The van der Waals surface area contributed by atoms with E-state index in [-0.39, 0.29) is 24.4 Å². The molecule has 1 aliphatic heterocycles. The zero-order valence-corrected chi connectivity index (χ0v) is 10.1. The molecule has 0 saturated carbocycles. The Morgan fingerprint density at radius 2 is 2.42 bits per heavy atom. The summed E-state index contributed by atoms with van der Waals surface area (Å²) in [6.07, 6.45) is 7.64. The first-order valence-electron chi connectivity index (χ1n) is 6.06. The van der Waals surface area contributed by atoms with E-state index in [0.717, 1.165) is 0 Å². The standard InChI is InChI=1S/C12H13FN4O2/c13-9-2-1-3-10(6-9)17-8-11(19-12(17)18)7-16-5-4-14-15-16/h1-5,10-11H,6-8H2. The van der Waals surface area contributed by atoms with Crippen molar-refractivity contribution in [3.63, 3.8) is 0 Å². The number of aromatic nitrogens is 3. The minimum atomic E-state index is -0.408. The number of cyclic esters (lactones) is 1. The summed E-state index contributed by atoms with van der Waals surface area (Å²) >= 11 is 0. The molecule has 1 aliphatic carbocycles. The predicted octanol–water partition coefficient (Wildman–Crippen LogP) is 1.28. The van der Waals surface area contributed by atoms with Gasteiger partial charge in [-0.15, -0.1) is 5.10 Å². The molecule has 7 heteroatoms. The highest BCUT2D eigenvalue weighted by molar-refractivity contribution is 5.70. The lowest BCUT2D eigenvalue weighted by atomic mass is 10.1. The molecule has 2 heterocycles. The maximum Gasteiger partial charge on any atom is 0.410 e. The van der Waals surface area contributed by atoms with Crippen molar-refractivity contribution in [1.82, 2.24) is 19.9 Å². The smallest absolute Gasteiger partial charge is 0.410 e. The average Bonchev–Trinajstić information content (AvgIpc) is 3.00. The molecule has 1 aromatic rings. The zero-order valence-electron chi connectivity index (χ0n) is 10.1. The Morgan fingerprint density at radius 1 is 1.53 bits per heavy atom. The zero-order chi connectivity index (χ0) is 13.2. The lowest BCUT2D eigenvalue weighted by molar-refractivity contribution is 0.121. The fourth-order valence-corrected chi connectivity index (χ4v) is 2.28. The molecule has 100 valence electrons. The third-order valence-corrected chi connectivity index (χ3v) is 3.18. The second-order valence-corrected chi connectivity index (χ2v) is 4.55. The highest BCUT2D eigenvalue weighted by atomic mass is 19.1. The molecule has 3 rings (SSSR count). The van der Waals surface area contributed by atoms with Gasteiger partial charge in [0.05, 0.1) is 25.3 Å². The van der Waals surface area contributed by atoms with Crippen molar-refractivity contribution < 1.29 is 13.9 Å². The molecule has 0 bridgehead atoms. The summed E-state index contributed by atoms with van der Waals surface area (Å²) in [5.41, 5.74) is 0. The van der Waals surface area contributed by atoms with Crippen molar-refractivity contribution in [3.05, 3.63) is 36.4 Å². The number of hydrogen-bond donors (Lipinski definition) is 0. The molecule has 2 unspecified atom stereocenters. The molecule has 1 amide bonds. The Kier molecular flexibility index (Phi) is 3.02. The Morgan fingerprint density at radius 3 is 3.16 bits per heavy atom.